The Morgan fingerprint density at radius 2 is 2.20 bits per heavy atom. The van der Waals surface area contributed by atoms with E-state index in [0.29, 0.717) is 0 Å². The summed E-state index contributed by atoms with van der Waals surface area (Å²) in [6.45, 7) is 1.94. The number of aromatic nitrogens is 2. The van der Waals surface area contributed by atoms with Crippen LogP contribution in [-0.2, 0) is 0 Å². The molecule has 1 aromatic rings. The van der Waals surface area contributed by atoms with Crippen molar-refractivity contribution in [2.45, 2.75) is 6.92 Å². The van der Waals surface area contributed by atoms with E-state index in [9.17, 15) is 0 Å². The van der Waals surface area contributed by atoms with Crippen LogP contribution in [0.25, 0.3) is 0 Å². The molecule has 0 N–H and O–H groups in total. The third-order valence-electron chi connectivity index (χ3n) is 1.31. The minimum absolute atomic E-state index is 0.958. The molecule has 0 aliphatic carbocycles. The summed E-state index contributed by atoms with van der Waals surface area (Å²) in [5.41, 5.74) is 2.00. The van der Waals surface area contributed by atoms with E-state index in [0.717, 1.165) is 11.4 Å². The molecule has 10 heavy (non-hydrogen) atoms. The molecule has 1 aromatic heterocycles. The highest BCUT2D eigenvalue weighted by Crippen LogP contribution is 2.10. The van der Waals surface area contributed by atoms with Crippen LogP contribution in [0.5, 0.6) is 0 Å². The molecule has 0 spiro atoms. The van der Waals surface area contributed by atoms with Gasteiger partial charge >= 0.3 is 0 Å². The fourth-order valence-corrected chi connectivity index (χ4v) is 0.784. The van der Waals surface area contributed by atoms with Crippen molar-refractivity contribution in [3.63, 3.8) is 0 Å². The summed E-state index contributed by atoms with van der Waals surface area (Å²) < 4.78 is 0. The maximum atomic E-state index is 3.92. The first kappa shape index (κ1) is 6.99. The Bertz CT molecular complexity index is 220. The molecule has 1 rings (SSSR count). The topological polar surface area (TPSA) is 29.0 Å². The lowest BCUT2D eigenvalue weighted by Crippen LogP contribution is -2.11. The van der Waals surface area contributed by atoms with Gasteiger partial charge in [-0.05, 0) is 6.92 Å². The van der Waals surface area contributed by atoms with Gasteiger partial charge in [-0.1, -0.05) is 0 Å². The van der Waals surface area contributed by atoms with Crippen molar-refractivity contribution in [1.29, 1.82) is 0 Å². The highest BCUT2D eigenvalue weighted by atomic mass is 15.1. The molecular weight excluding hydrogens is 126 g/mol. The molecule has 0 atom stereocenters. The van der Waals surface area contributed by atoms with E-state index < -0.39 is 0 Å². The molecular formula is C7H10N3. The van der Waals surface area contributed by atoms with Crippen LogP contribution in [0.15, 0.2) is 6.20 Å². The smallest absolute Gasteiger partial charge is 0.198 e. The van der Waals surface area contributed by atoms with Crippen molar-refractivity contribution in [1.82, 2.24) is 9.97 Å². The monoisotopic (exact) mass is 136 g/mol. The van der Waals surface area contributed by atoms with Crippen LogP contribution < -0.4 is 4.90 Å². The summed E-state index contributed by atoms with van der Waals surface area (Å²) in [7, 11) is 3.93. The fraction of sp³-hybridized carbons (Fsp3) is 0.429. The van der Waals surface area contributed by atoms with E-state index in [-0.39, 0.29) is 0 Å². The lowest BCUT2D eigenvalue weighted by molar-refractivity contribution is 1.02. The van der Waals surface area contributed by atoms with Crippen LogP contribution in [0.2, 0.25) is 0 Å². The first-order chi connectivity index (χ1) is 4.72. The SMILES string of the molecule is Cc1n[c]ncc1N(C)C. The van der Waals surface area contributed by atoms with Crippen molar-refractivity contribution >= 4 is 5.69 Å². The Hall–Kier alpha value is -1.12. The molecule has 53 valence electrons. The zero-order chi connectivity index (χ0) is 7.56. The lowest BCUT2D eigenvalue weighted by Gasteiger charge is -2.12. The van der Waals surface area contributed by atoms with E-state index in [2.05, 4.69) is 16.3 Å². The van der Waals surface area contributed by atoms with Crippen LogP contribution in [0.3, 0.4) is 0 Å². The molecule has 0 bridgehead atoms. The fourth-order valence-electron chi connectivity index (χ4n) is 0.784. The van der Waals surface area contributed by atoms with Crippen LogP contribution in [-0.4, -0.2) is 24.1 Å². The summed E-state index contributed by atoms with van der Waals surface area (Å²) in [4.78, 5) is 9.69. The van der Waals surface area contributed by atoms with Crippen molar-refractivity contribution in [2.75, 3.05) is 19.0 Å². The Kier molecular flexibility index (Phi) is 1.85. The molecule has 0 aliphatic rings. The predicted octanol–water partition coefficient (Wildman–Crippen LogP) is 0.651. The Balaban J connectivity index is 3.03. The number of hydrogen-bond donors (Lipinski definition) is 0. The maximum Gasteiger partial charge on any atom is 0.198 e. The molecule has 3 nitrogen and oxygen atoms in total. The van der Waals surface area contributed by atoms with Gasteiger partial charge in [-0.2, -0.15) is 0 Å². The van der Waals surface area contributed by atoms with Gasteiger partial charge in [0.25, 0.3) is 0 Å². The van der Waals surface area contributed by atoms with Gasteiger partial charge in [0.1, 0.15) is 0 Å². The van der Waals surface area contributed by atoms with Gasteiger partial charge in [0.05, 0.1) is 17.6 Å². The van der Waals surface area contributed by atoms with Gasteiger partial charge < -0.3 is 4.90 Å². The van der Waals surface area contributed by atoms with Crippen molar-refractivity contribution in [3.8, 4) is 0 Å². The second kappa shape index (κ2) is 2.64. The number of aryl methyl sites for hydroxylation is 1. The van der Waals surface area contributed by atoms with Gasteiger partial charge in [-0.15, -0.1) is 0 Å². The van der Waals surface area contributed by atoms with Crippen LogP contribution in [0.4, 0.5) is 5.69 Å². The first-order valence-electron chi connectivity index (χ1n) is 3.09. The summed E-state index contributed by atoms with van der Waals surface area (Å²) in [6, 6.07) is 0. The van der Waals surface area contributed by atoms with E-state index in [1.807, 2.05) is 25.9 Å². The van der Waals surface area contributed by atoms with Crippen LogP contribution >= 0.6 is 0 Å². The molecule has 0 saturated carbocycles. The summed E-state index contributed by atoms with van der Waals surface area (Å²) in [5, 5.41) is 0. The van der Waals surface area contributed by atoms with Gasteiger partial charge in [0.2, 0.25) is 0 Å². The Morgan fingerprint density at radius 1 is 1.50 bits per heavy atom. The normalized spacial score (nSPS) is 9.50. The lowest BCUT2D eigenvalue weighted by atomic mass is 10.3. The minimum atomic E-state index is 0.958. The molecule has 0 aromatic carbocycles. The summed E-state index contributed by atoms with van der Waals surface area (Å²) in [6.07, 6.45) is 4.28. The highest BCUT2D eigenvalue weighted by molar-refractivity contribution is 5.45. The summed E-state index contributed by atoms with van der Waals surface area (Å²) >= 11 is 0. The molecule has 1 heterocycles. The van der Waals surface area contributed by atoms with E-state index >= 15 is 0 Å². The van der Waals surface area contributed by atoms with Crippen LogP contribution in [0.1, 0.15) is 5.69 Å². The van der Waals surface area contributed by atoms with Gasteiger partial charge in [0.15, 0.2) is 6.33 Å². The number of nitrogens with zero attached hydrogens (tertiary/aromatic N) is 3. The van der Waals surface area contributed by atoms with Gasteiger partial charge in [-0.3, -0.25) is 0 Å². The third kappa shape index (κ3) is 1.23. The number of rotatable bonds is 1. The zero-order valence-electron chi connectivity index (χ0n) is 6.42. The molecule has 1 radical (unpaired) electrons. The van der Waals surface area contributed by atoms with Crippen molar-refractivity contribution in [3.05, 3.63) is 18.2 Å². The van der Waals surface area contributed by atoms with Gasteiger partial charge in [0, 0.05) is 14.1 Å². The predicted molar refractivity (Wildman–Crippen MR) is 39.9 cm³/mol. The molecule has 3 heteroatoms. The Labute approximate surface area is 60.7 Å². The van der Waals surface area contributed by atoms with Gasteiger partial charge in [-0.25, -0.2) is 9.97 Å². The minimum Gasteiger partial charge on any atom is -0.375 e. The first-order valence-corrected chi connectivity index (χ1v) is 3.09. The molecule has 0 aliphatic heterocycles. The molecule has 0 fully saturated rings. The molecule has 0 amide bonds. The van der Waals surface area contributed by atoms with E-state index in [4.69, 9.17) is 0 Å². The second-order valence-electron chi connectivity index (χ2n) is 2.34. The van der Waals surface area contributed by atoms with Crippen molar-refractivity contribution in [2.24, 2.45) is 0 Å². The van der Waals surface area contributed by atoms with E-state index in [1.165, 1.54) is 0 Å². The number of hydrogen-bond acceptors (Lipinski definition) is 3. The summed E-state index contributed by atoms with van der Waals surface area (Å²) in [5.74, 6) is 0. The Morgan fingerprint density at radius 3 is 2.60 bits per heavy atom. The van der Waals surface area contributed by atoms with Crippen molar-refractivity contribution < 1.29 is 0 Å². The third-order valence-corrected chi connectivity index (χ3v) is 1.31. The van der Waals surface area contributed by atoms with Crippen LogP contribution in [0, 0.1) is 13.3 Å². The average Bonchev–Trinajstić information content (AvgIpc) is 1.88. The quantitative estimate of drug-likeness (QED) is 0.567. The zero-order valence-corrected chi connectivity index (χ0v) is 6.42. The second-order valence-corrected chi connectivity index (χ2v) is 2.34. The number of anilines is 1. The largest absolute Gasteiger partial charge is 0.375 e. The highest BCUT2D eigenvalue weighted by Gasteiger charge is 1.98. The molecule has 0 saturated heterocycles. The maximum absolute atomic E-state index is 3.92. The molecule has 0 unspecified atom stereocenters. The standard InChI is InChI=1S/C7H10N3/c1-6-7(10(2)3)4-8-5-9-6/h4H,1-3H3. The average molecular weight is 136 g/mol. The van der Waals surface area contributed by atoms with E-state index in [1.54, 1.807) is 6.20 Å².